The summed E-state index contributed by atoms with van der Waals surface area (Å²) in [5.74, 6) is 0.642. The molecule has 2 rings (SSSR count). The maximum Gasteiger partial charge on any atom is 0.266 e. The molecule has 1 aliphatic rings. The number of ether oxygens (including phenoxy) is 1. The van der Waals surface area contributed by atoms with Crippen LogP contribution in [-0.2, 0) is 4.79 Å². The van der Waals surface area contributed by atoms with Crippen molar-refractivity contribution in [2.24, 2.45) is 0 Å². The summed E-state index contributed by atoms with van der Waals surface area (Å²) in [7, 11) is 0. The highest BCUT2D eigenvalue weighted by molar-refractivity contribution is 8.26. The van der Waals surface area contributed by atoms with Crippen molar-refractivity contribution >= 4 is 51.9 Å². The van der Waals surface area contributed by atoms with Gasteiger partial charge in [0.1, 0.15) is 10.1 Å². The van der Waals surface area contributed by atoms with Crippen LogP contribution in [0.1, 0.15) is 19.4 Å². The minimum atomic E-state index is -0.0649. The summed E-state index contributed by atoms with van der Waals surface area (Å²) in [5, 5.41) is 0.602. The van der Waals surface area contributed by atoms with Gasteiger partial charge < -0.3 is 4.74 Å². The van der Waals surface area contributed by atoms with E-state index in [0.717, 1.165) is 5.56 Å². The number of amides is 1. The van der Waals surface area contributed by atoms with Crippen molar-refractivity contribution in [2.45, 2.75) is 13.8 Å². The Labute approximate surface area is 132 Å². The van der Waals surface area contributed by atoms with Crippen molar-refractivity contribution in [1.82, 2.24) is 4.90 Å². The van der Waals surface area contributed by atoms with Gasteiger partial charge in [-0.1, -0.05) is 35.6 Å². The summed E-state index contributed by atoms with van der Waals surface area (Å²) in [5.41, 5.74) is 0.788. The Balaban J connectivity index is 2.38. The summed E-state index contributed by atoms with van der Waals surface area (Å²) < 4.78 is 6.13. The molecule has 1 aliphatic heterocycles. The highest BCUT2D eigenvalue weighted by atomic mass is 35.5. The Morgan fingerprint density at radius 1 is 1.45 bits per heavy atom. The molecule has 0 aromatic heterocycles. The fourth-order valence-corrected chi connectivity index (χ4v) is 3.39. The Kier molecular flexibility index (Phi) is 5.07. The van der Waals surface area contributed by atoms with Crippen molar-refractivity contribution in [3.63, 3.8) is 0 Å². The van der Waals surface area contributed by atoms with Gasteiger partial charge in [-0.05, 0) is 38.1 Å². The monoisotopic (exact) mass is 327 g/mol. The molecule has 6 heteroatoms. The van der Waals surface area contributed by atoms with E-state index in [4.69, 9.17) is 28.6 Å². The van der Waals surface area contributed by atoms with Crippen LogP contribution >= 0.6 is 35.6 Å². The number of halogens is 1. The van der Waals surface area contributed by atoms with E-state index in [-0.39, 0.29) is 5.91 Å². The van der Waals surface area contributed by atoms with Gasteiger partial charge in [0.25, 0.3) is 5.91 Å². The molecule has 3 nitrogen and oxygen atoms in total. The molecule has 0 saturated carbocycles. The molecule has 106 valence electrons. The Bertz CT molecular complexity index is 587. The first-order valence-electron chi connectivity index (χ1n) is 6.24. The summed E-state index contributed by atoms with van der Waals surface area (Å²) in [6.07, 6.45) is 1.78. The van der Waals surface area contributed by atoms with Crippen LogP contribution in [0.25, 0.3) is 6.08 Å². The van der Waals surface area contributed by atoms with E-state index >= 15 is 0 Å². The third kappa shape index (κ3) is 3.16. The largest absolute Gasteiger partial charge is 0.493 e. The SMILES string of the molecule is CCOc1ccc(Cl)cc1/C=C1\SC(=S)N(CC)C1=O. The summed E-state index contributed by atoms with van der Waals surface area (Å²) >= 11 is 12.5. The molecule has 1 heterocycles. The van der Waals surface area contributed by atoms with Gasteiger partial charge in [-0.2, -0.15) is 0 Å². The van der Waals surface area contributed by atoms with E-state index in [1.807, 2.05) is 13.8 Å². The number of hydrogen-bond acceptors (Lipinski definition) is 4. The predicted molar refractivity (Wildman–Crippen MR) is 88.2 cm³/mol. The van der Waals surface area contributed by atoms with E-state index in [1.54, 1.807) is 29.2 Å². The van der Waals surface area contributed by atoms with Crippen LogP contribution in [0.4, 0.5) is 0 Å². The van der Waals surface area contributed by atoms with E-state index in [1.165, 1.54) is 11.8 Å². The van der Waals surface area contributed by atoms with Crippen molar-refractivity contribution in [3.8, 4) is 5.75 Å². The normalized spacial score (nSPS) is 17.1. The van der Waals surface area contributed by atoms with Gasteiger partial charge in [-0.15, -0.1) is 0 Å². The molecule has 0 spiro atoms. The second-order valence-electron chi connectivity index (χ2n) is 4.04. The number of thiocarbonyl (C=S) groups is 1. The zero-order valence-corrected chi connectivity index (χ0v) is 13.6. The van der Waals surface area contributed by atoms with Crippen LogP contribution in [0.15, 0.2) is 23.1 Å². The highest BCUT2D eigenvalue weighted by Crippen LogP contribution is 2.34. The van der Waals surface area contributed by atoms with Crippen molar-refractivity contribution in [2.75, 3.05) is 13.2 Å². The van der Waals surface area contributed by atoms with Gasteiger partial charge in [0.2, 0.25) is 0 Å². The molecule has 1 saturated heterocycles. The van der Waals surface area contributed by atoms with Gasteiger partial charge in [0.15, 0.2) is 0 Å². The van der Waals surface area contributed by atoms with Gasteiger partial charge in [0.05, 0.1) is 11.5 Å². The average molecular weight is 328 g/mol. The van der Waals surface area contributed by atoms with Gasteiger partial charge in [-0.25, -0.2) is 0 Å². The molecule has 1 fully saturated rings. The smallest absolute Gasteiger partial charge is 0.266 e. The number of hydrogen-bond donors (Lipinski definition) is 0. The fourth-order valence-electron chi connectivity index (χ4n) is 1.83. The molecular formula is C14H14ClNO2S2. The zero-order chi connectivity index (χ0) is 14.7. The first kappa shape index (κ1) is 15.4. The minimum Gasteiger partial charge on any atom is -0.493 e. The second-order valence-corrected chi connectivity index (χ2v) is 6.15. The van der Waals surface area contributed by atoms with Crippen LogP contribution in [0.3, 0.4) is 0 Å². The predicted octanol–water partition coefficient (Wildman–Crippen LogP) is 3.96. The second kappa shape index (κ2) is 6.61. The molecule has 20 heavy (non-hydrogen) atoms. The number of thioether (sulfide) groups is 1. The Hall–Kier alpha value is -1.04. The molecule has 0 unspecified atom stereocenters. The van der Waals surface area contributed by atoms with E-state index in [0.29, 0.717) is 33.1 Å². The van der Waals surface area contributed by atoms with Gasteiger partial charge in [-0.3, -0.25) is 9.69 Å². The summed E-state index contributed by atoms with van der Waals surface area (Å²) in [4.78, 5) is 14.4. The maximum atomic E-state index is 12.2. The topological polar surface area (TPSA) is 29.5 Å². The third-order valence-corrected chi connectivity index (χ3v) is 4.36. The number of nitrogens with zero attached hydrogens (tertiary/aromatic N) is 1. The Morgan fingerprint density at radius 2 is 2.20 bits per heavy atom. The highest BCUT2D eigenvalue weighted by Gasteiger charge is 2.30. The number of benzene rings is 1. The minimum absolute atomic E-state index is 0.0649. The summed E-state index contributed by atoms with van der Waals surface area (Å²) in [6.45, 7) is 4.95. The number of likely N-dealkylation sites (N-methyl/N-ethyl adjacent to an activating group) is 1. The quantitative estimate of drug-likeness (QED) is 0.618. The molecule has 1 aromatic carbocycles. The van der Waals surface area contributed by atoms with Crippen molar-refractivity contribution < 1.29 is 9.53 Å². The molecule has 1 amide bonds. The van der Waals surface area contributed by atoms with E-state index < -0.39 is 0 Å². The molecule has 0 atom stereocenters. The van der Waals surface area contributed by atoms with Crippen LogP contribution < -0.4 is 4.74 Å². The lowest BCUT2D eigenvalue weighted by Gasteiger charge is -2.10. The first-order chi connectivity index (χ1) is 9.56. The molecule has 0 N–H and O–H groups in total. The standard InChI is InChI=1S/C14H14ClNO2S2/c1-3-16-13(17)12(20-14(16)19)8-9-7-10(15)5-6-11(9)18-4-2/h5-8H,3-4H2,1-2H3/b12-8-. The van der Waals surface area contributed by atoms with Gasteiger partial charge in [0, 0.05) is 17.1 Å². The summed E-state index contributed by atoms with van der Waals surface area (Å²) in [6, 6.07) is 5.35. The zero-order valence-electron chi connectivity index (χ0n) is 11.2. The molecule has 0 radical (unpaired) electrons. The van der Waals surface area contributed by atoms with E-state index in [2.05, 4.69) is 0 Å². The number of rotatable bonds is 4. The molecule has 1 aromatic rings. The lowest BCUT2D eigenvalue weighted by atomic mass is 10.2. The molecule has 0 aliphatic carbocycles. The fraction of sp³-hybridized carbons (Fsp3) is 0.286. The van der Waals surface area contributed by atoms with E-state index in [9.17, 15) is 4.79 Å². The molecular weight excluding hydrogens is 314 g/mol. The van der Waals surface area contributed by atoms with Crippen LogP contribution in [-0.4, -0.2) is 28.3 Å². The maximum absolute atomic E-state index is 12.2. The number of carbonyl (C=O) groups excluding carboxylic acids is 1. The Morgan fingerprint density at radius 3 is 2.80 bits per heavy atom. The lowest BCUT2D eigenvalue weighted by molar-refractivity contribution is -0.121. The van der Waals surface area contributed by atoms with Crippen LogP contribution in [0, 0.1) is 0 Å². The van der Waals surface area contributed by atoms with Crippen LogP contribution in [0.2, 0.25) is 5.02 Å². The number of carbonyl (C=O) groups is 1. The van der Waals surface area contributed by atoms with Crippen molar-refractivity contribution in [1.29, 1.82) is 0 Å². The van der Waals surface area contributed by atoms with Crippen LogP contribution in [0.5, 0.6) is 5.75 Å². The molecule has 0 bridgehead atoms. The average Bonchev–Trinajstić information content (AvgIpc) is 2.67. The lowest BCUT2D eigenvalue weighted by Crippen LogP contribution is -2.27. The third-order valence-electron chi connectivity index (χ3n) is 2.75. The van der Waals surface area contributed by atoms with Crippen molar-refractivity contribution in [3.05, 3.63) is 33.7 Å². The first-order valence-corrected chi connectivity index (χ1v) is 7.84. The van der Waals surface area contributed by atoms with Gasteiger partial charge >= 0.3 is 0 Å².